The Morgan fingerprint density at radius 3 is 2.37 bits per heavy atom. The van der Waals surface area contributed by atoms with Crippen LogP contribution in [0.1, 0.15) is 29.9 Å². The van der Waals surface area contributed by atoms with Crippen LogP contribution in [0.25, 0.3) is 6.08 Å². The number of alkyl halides is 2. The monoisotopic (exact) mass is 550 g/mol. The summed E-state index contributed by atoms with van der Waals surface area (Å²) in [5.74, 6) is -4.89. The van der Waals surface area contributed by atoms with Gasteiger partial charge in [-0.3, -0.25) is 29.0 Å². The highest BCUT2D eigenvalue weighted by Gasteiger charge is 2.75. The van der Waals surface area contributed by atoms with E-state index in [0.717, 1.165) is 10.5 Å². The van der Waals surface area contributed by atoms with Crippen molar-refractivity contribution in [2.24, 2.45) is 17.8 Å². The van der Waals surface area contributed by atoms with Gasteiger partial charge in [0.05, 0.1) is 17.5 Å². The summed E-state index contributed by atoms with van der Waals surface area (Å²) in [5.41, 5.74) is 2.50. The molecule has 2 aliphatic carbocycles. The van der Waals surface area contributed by atoms with Crippen LogP contribution in [0.4, 0.5) is 5.69 Å². The van der Waals surface area contributed by atoms with Crippen molar-refractivity contribution in [3.8, 4) is 5.75 Å². The molecule has 0 bridgehead atoms. The lowest BCUT2D eigenvalue weighted by atomic mass is 9.56. The predicted octanol–water partition coefficient (Wildman–Crippen LogP) is 4.23. The largest absolute Gasteiger partial charge is 0.508 e. The number of halogens is 2. The lowest BCUT2D eigenvalue weighted by molar-refractivity contribution is -0.138. The van der Waals surface area contributed by atoms with Crippen molar-refractivity contribution in [1.82, 2.24) is 4.90 Å². The molecule has 194 valence electrons. The Labute approximate surface area is 229 Å². The van der Waals surface area contributed by atoms with E-state index in [9.17, 15) is 24.3 Å². The summed E-state index contributed by atoms with van der Waals surface area (Å²) in [4.78, 5) is 52.9. The first-order valence-electron chi connectivity index (χ1n) is 12.3. The first-order valence-corrected chi connectivity index (χ1v) is 13.1. The van der Waals surface area contributed by atoms with Gasteiger partial charge in [-0.1, -0.05) is 48.6 Å². The topological polar surface area (TPSA) is 95.0 Å². The van der Waals surface area contributed by atoms with Crippen molar-refractivity contribution in [2.45, 2.75) is 28.5 Å². The number of allylic oxidation sites excluding steroid dienone is 2. The number of carbonyl (C=O) groups is 4. The maximum absolute atomic E-state index is 13.9. The van der Waals surface area contributed by atoms with Crippen molar-refractivity contribution < 1.29 is 24.3 Å². The standard InChI is InChI=1S/C29H24Cl2N2O5/c1-3-15-7-9-17(10-8-15)33-24(35)20-12-11-19-21(22(20)25(33)36)14-28(30)26(37)32(2)27(38)29(28,31)23(19)16-5-4-6-18(34)13-16/h3-11,13,20-23,34H,1,12,14H2,2H3. The third-order valence-corrected chi connectivity index (χ3v) is 10.0. The van der Waals surface area contributed by atoms with Crippen molar-refractivity contribution >= 4 is 58.6 Å². The summed E-state index contributed by atoms with van der Waals surface area (Å²) in [5, 5.41) is 10.3. The maximum Gasteiger partial charge on any atom is 0.253 e. The number of hydrogen-bond donors (Lipinski definition) is 1. The molecule has 4 aliphatic rings. The summed E-state index contributed by atoms with van der Waals surface area (Å²) in [6, 6.07) is 13.3. The zero-order valence-corrected chi connectivity index (χ0v) is 21.9. The van der Waals surface area contributed by atoms with Crippen LogP contribution < -0.4 is 4.90 Å². The summed E-state index contributed by atoms with van der Waals surface area (Å²) < 4.78 is 0. The number of rotatable bonds is 3. The fraction of sp³-hybridized carbons (Fsp3) is 0.310. The van der Waals surface area contributed by atoms with E-state index in [-0.39, 0.29) is 30.4 Å². The van der Waals surface area contributed by atoms with Crippen LogP contribution in [0.15, 0.2) is 66.8 Å². The van der Waals surface area contributed by atoms with Gasteiger partial charge < -0.3 is 5.11 Å². The number of amides is 4. The summed E-state index contributed by atoms with van der Waals surface area (Å²) in [6.07, 6.45) is 3.74. The molecule has 6 unspecified atom stereocenters. The number of aromatic hydroxyl groups is 1. The molecule has 6 atom stereocenters. The molecule has 2 saturated heterocycles. The Hall–Kier alpha value is -3.42. The van der Waals surface area contributed by atoms with Gasteiger partial charge in [-0.2, -0.15) is 0 Å². The third kappa shape index (κ3) is 3.03. The third-order valence-electron chi connectivity index (χ3n) is 8.60. The van der Waals surface area contributed by atoms with Crippen LogP contribution >= 0.6 is 23.2 Å². The molecule has 2 aromatic rings. The second-order valence-electron chi connectivity index (χ2n) is 10.4. The summed E-state index contributed by atoms with van der Waals surface area (Å²) in [6.45, 7) is 3.74. The minimum Gasteiger partial charge on any atom is -0.508 e. The second-order valence-corrected chi connectivity index (χ2v) is 11.6. The van der Waals surface area contributed by atoms with Crippen molar-refractivity contribution in [1.29, 1.82) is 0 Å². The lowest BCUT2D eigenvalue weighted by Crippen LogP contribution is -2.60. The first-order chi connectivity index (χ1) is 18.0. The molecule has 9 heteroatoms. The van der Waals surface area contributed by atoms with Crippen LogP contribution in [0.5, 0.6) is 5.75 Å². The molecule has 38 heavy (non-hydrogen) atoms. The molecule has 2 heterocycles. The van der Waals surface area contributed by atoms with Gasteiger partial charge >= 0.3 is 0 Å². The van der Waals surface area contributed by atoms with E-state index >= 15 is 0 Å². The molecule has 7 nitrogen and oxygen atoms in total. The number of phenolic OH excluding ortho intramolecular Hbond substituents is 1. The Bertz CT molecular complexity index is 1470. The quantitative estimate of drug-likeness (QED) is 0.350. The number of phenols is 1. The van der Waals surface area contributed by atoms with E-state index < -0.39 is 45.2 Å². The molecule has 0 radical (unpaired) electrons. The first kappa shape index (κ1) is 24.9. The average Bonchev–Trinajstić information content (AvgIpc) is 3.23. The molecule has 2 aliphatic heterocycles. The number of imide groups is 2. The highest BCUT2D eigenvalue weighted by atomic mass is 35.5. The van der Waals surface area contributed by atoms with Gasteiger partial charge in [-0.25, -0.2) is 0 Å². The smallest absolute Gasteiger partial charge is 0.253 e. The zero-order chi connectivity index (χ0) is 27.1. The molecule has 0 spiro atoms. The average molecular weight is 551 g/mol. The van der Waals surface area contributed by atoms with Crippen LogP contribution in [-0.4, -0.2) is 50.4 Å². The van der Waals surface area contributed by atoms with E-state index in [1.165, 1.54) is 24.1 Å². The Kier molecular flexibility index (Phi) is 5.43. The summed E-state index contributed by atoms with van der Waals surface area (Å²) >= 11 is 14.2. The van der Waals surface area contributed by atoms with E-state index in [1.807, 2.05) is 6.08 Å². The number of nitrogens with zero attached hydrogens (tertiary/aromatic N) is 2. The number of anilines is 1. The Morgan fingerprint density at radius 1 is 1.00 bits per heavy atom. The van der Waals surface area contributed by atoms with E-state index in [0.29, 0.717) is 16.8 Å². The maximum atomic E-state index is 13.9. The second kappa shape index (κ2) is 8.29. The van der Waals surface area contributed by atoms with E-state index in [4.69, 9.17) is 23.2 Å². The Morgan fingerprint density at radius 2 is 1.71 bits per heavy atom. The van der Waals surface area contributed by atoms with Gasteiger partial charge in [-0.15, -0.1) is 23.2 Å². The molecule has 0 aromatic heterocycles. The van der Waals surface area contributed by atoms with Gasteiger partial charge in [0, 0.05) is 13.0 Å². The molecule has 1 saturated carbocycles. The van der Waals surface area contributed by atoms with Crippen LogP contribution in [0.3, 0.4) is 0 Å². The molecular formula is C29H24Cl2N2O5. The normalized spacial score (nSPS) is 34.1. The zero-order valence-electron chi connectivity index (χ0n) is 20.4. The highest BCUT2D eigenvalue weighted by molar-refractivity contribution is 6.53. The van der Waals surface area contributed by atoms with Gasteiger partial charge in [0.1, 0.15) is 5.75 Å². The lowest BCUT2D eigenvalue weighted by Gasteiger charge is -2.50. The van der Waals surface area contributed by atoms with E-state index in [1.54, 1.807) is 42.5 Å². The number of hydrogen-bond acceptors (Lipinski definition) is 5. The van der Waals surface area contributed by atoms with Gasteiger partial charge in [0.25, 0.3) is 11.8 Å². The summed E-state index contributed by atoms with van der Waals surface area (Å²) in [7, 11) is 1.34. The number of fused-ring (bicyclic) bond motifs is 4. The van der Waals surface area contributed by atoms with Gasteiger partial charge in [0.2, 0.25) is 11.8 Å². The molecule has 6 rings (SSSR count). The van der Waals surface area contributed by atoms with Gasteiger partial charge in [-0.05, 0) is 54.2 Å². The van der Waals surface area contributed by atoms with Crippen molar-refractivity contribution in [3.63, 3.8) is 0 Å². The van der Waals surface area contributed by atoms with Crippen LogP contribution in [0, 0.1) is 17.8 Å². The number of benzene rings is 2. The molecule has 4 amide bonds. The molecule has 2 aromatic carbocycles. The Balaban J connectivity index is 1.49. The van der Waals surface area contributed by atoms with Crippen LogP contribution in [-0.2, 0) is 19.2 Å². The van der Waals surface area contributed by atoms with Gasteiger partial charge in [0.15, 0.2) is 9.75 Å². The minimum atomic E-state index is -1.87. The molecule has 3 fully saturated rings. The van der Waals surface area contributed by atoms with E-state index in [2.05, 4.69) is 6.58 Å². The molecular weight excluding hydrogens is 527 g/mol. The fourth-order valence-electron chi connectivity index (χ4n) is 6.84. The van der Waals surface area contributed by atoms with Crippen LogP contribution in [0.2, 0.25) is 0 Å². The predicted molar refractivity (Wildman–Crippen MR) is 143 cm³/mol. The minimum absolute atomic E-state index is 0.0363. The molecule has 1 N–H and O–H groups in total. The van der Waals surface area contributed by atoms with Crippen molar-refractivity contribution in [3.05, 3.63) is 77.9 Å². The SMILES string of the molecule is C=Cc1ccc(N2C(=O)C3CC=C4C(CC5(Cl)C(=O)N(C)C(=O)C5(Cl)C4c4cccc(O)c4)C3C2=O)cc1. The number of likely N-dealkylation sites (tertiary alicyclic amines) is 1. The van der Waals surface area contributed by atoms with Crippen molar-refractivity contribution in [2.75, 3.05) is 11.9 Å². The fourth-order valence-corrected chi connectivity index (χ4v) is 7.86. The highest BCUT2D eigenvalue weighted by Crippen LogP contribution is 2.65. The number of carbonyl (C=O) groups excluding carboxylic acids is 4.